The first-order valence-corrected chi connectivity index (χ1v) is 6.37. The monoisotopic (exact) mass is 227 g/mol. The third-order valence-corrected chi connectivity index (χ3v) is 4.45. The van der Waals surface area contributed by atoms with Crippen LogP contribution >= 0.6 is 0 Å². The maximum absolute atomic E-state index is 5.97. The minimum atomic E-state index is 0.112. The molecule has 0 saturated carbocycles. The van der Waals surface area contributed by atoms with E-state index in [9.17, 15) is 0 Å². The summed E-state index contributed by atoms with van der Waals surface area (Å²) in [6, 6.07) is 0.682. The Kier molecular flexibility index (Phi) is 3.85. The van der Waals surface area contributed by atoms with E-state index in [1.807, 2.05) is 0 Å². The summed E-state index contributed by atoms with van der Waals surface area (Å²) >= 11 is 0. The van der Waals surface area contributed by atoms with Gasteiger partial charge in [0, 0.05) is 19.2 Å². The number of nitrogens with zero attached hydrogens (tertiary/aromatic N) is 2. The van der Waals surface area contributed by atoms with Gasteiger partial charge >= 0.3 is 0 Å². The van der Waals surface area contributed by atoms with Gasteiger partial charge in [0.25, 0.3) is 0 Å². The molecule has 0 radical (unpaired) electrons. The van der Waals surface area contributed by atoms with Crippen LogP contribution in [0.1, 0.15) is 19.3 Å². The van der Waals surface area contributed by atoms with Crippen molar-refractivity contribution in [1.29, 1.82) is 0 Å². The fraction of sp³-hybridized carbons (Fsp3) is 1.00. The molecule has 16 heavy (non-hydrogen) atoms. The zero-order chi connectivity index (χ0) is 11.6. The topological polar surface area (TPSA) is 41.7 Å². The van der Waals surface area contributed by atoms with Crippen LogP contribution in [0.3, 0.4) is 0 Å². The third-order valence-electron chi connectivity index (χ3n) is 4.45. The van der Waals surface area contributed by atoms with Gasteiger partial charge < -0.3 is 15.4 Å². The van der Waals surface area contributed by atoms with E-state index >= 15 is 0 Å². The number of ether oxygens (including phenoxy) is 1. The van der Waals surface area contributed by atoms with E-state index in [-0.39, 0.29) is 5.54 Å². The highest BCUT2D eigenvalue weighted by Crippen LogP contribution is 2.29. The van der Waals surface area contributed by atoms with E-state index in [2.05, 4.69) is 23.9 Å². The first-order valence-electron chi connectivity index (χ1n) is 6.37. The predicted octanol–water partition coefficient (Wildman–Crippen LogP) is 0.130. The highest BCUT2D eigenvalue weighted by Gasteiger charge is 2.40. The lowest BCUT2D eigenvalue weighted by Gasteiger charge is -2.44. The van der Waals surface area contributed by atoms with Gasteiger partial charge in [-0.3, -0.25) is 4.90 Å². The number of likely N-dealkylation sites (tertiary alicyclic amines) is 1. The van der Waals surface area contributed by atoms with Crippen LogP contribution in [0.5, 0.6) is 0 Å². The number of nitrogens with two attached hydrogens (primary N) is 1. The standard InChI is InChI=1S/C12H25N3O/c1-14-6-3-11(4-7-14)15(2)12(9-13)5-8-16-10-12/h11H,3-10,13H2,1-2H3. The van der Waals surface area contributed by atoms with Crippen molar-refractivity contribution in [1.82, 2.24) is 9.80 Å². The average molecular weight is 227 g/mol. The van der Waals surface area contributed by atoms with Gasteiger partial charge in [-0.1, -0.05) is 0 Å². The molecule has 0 aliphatic carbocycles. The summed E-state index contributed by atoms with van der Waals surface area (Å²) in [5.74, 6) is 0. The molecule has 0 aromatic carbocycles. The molecule has 2 aliphatic heterocycles. The number of hydrogen-bond acceptors (Lipinski definition) is 4. The van der Waals surface area contributed by atoms with Crippen LogP contribution in [0.4, 0.5) is 0 Å². The number of hydrogen-bond donors (Lipinski definition) is 1. The fourth-order valence-corrected chi connectivity index (χ4v) is 2.95. The van der Waals surface area contributed by atoms with Crippen LogP contribution in [-0.4, -0.2) is 68.3 Å². The van der Waals surface area contributed by atoms with Crippen LogP contribution in [-0.2, 0) is 4.74 Å². The summed E-state index contributed by atoms with van der Waals surface area (Å²) in [4.78, 5) is 4.91. The van der Waals surface area contributed by atoms with Crippen molar-refractivity contribution in [2.75, 3.05) is 46.9 Å². The molecular weight excluding hydrogens is 202 g/mol. The van der Waals surface area contributed by atoms with Gasteiger partial charge in [0.1, 0.15) is 0 Å². The molecular formula is C12H25N3O. The van der Waals surface area contributed by atoms with Gasteiger partial charge in [0.15, 0.2) is 0 Å². The van der Waals surface area contributed by atoms with E-state index in [0.717, 1.165) is 26.2 Å². The lowest BCUT2D eigenvalue weighted by Crippen LogP contribution is -2.58. The number of rotatable bonds is 3. The Morgan fingerprint density at radius 3 is 2.62 bits per heavy atom. The van der Waals surface area contributed by atoms with E-state index in [1.54, 1.807) is 0 Å². The van der Waals surface area contributed by atoms with Crippen LogP contribution in [0.25, 0.3) is 0 Å². The lowest BCUT2D eigenvalue weighted by molar-refractivity contribution is 0.0335. The summed E-state index contributed by atoms with van der Waals surface area (Å²) in [6.45, 7) is 4.81. The number of likely N-dealkylation sites (N-methyl/N-ethyl adjacent to an activating group) is 1. The SMILES string of the molecule is CN1CCC(N(C)C2(CN)CCOC2)CC1. The summed E-state index contributed by atoms with van der Waals surface area (Å²) in [5.41, 5.74) is 6.08. The maximum atomic E-state index is 5.97. The zero-order valence-corrected chi connectivity index (χ0v) is 10.6. The molecule has 94 valence electrons. The van der Waals surface area contributed by atoms with Gasteiger partial charge in [-0.05, 0) is 46.4 Å². The van der Waals surface area contributed by atoms with E-state index in [4.69, 9.17) is 10.5 Å². The van der Waals surface area contributed by atoms with Crippen molar-refractivity contribution in [3.8, 4) is 0 Å². The van der Waals surface area contributed by atoms with Crippen molar-refractivity contribution in [3.63, 3.8) is 0 Å². The molecule has 2 aliphatic rings. The van der Waals surface area contributed by atoms with Crippen molar-refractivity contribution >= 4 is 0 Å². The Labute approximate surface area is 98.7 Å². The molecule has 0 aromatic heterocycles. The second-order valence-electron chi connectivity index (χ2n) is 5.38. The molecule has 1 atom stereocenters. The Morgan fingerprint density at radius 2 is 2.12 bits per heavy atom. The zero-order valence-electron chi connectivity index (χ0n) is 10.6. The first kappa shape index (κ1) is 12.3. The van der Waals surface area contributed by atoms with Crippen molar-refractivity contribution in [2.45, 2.75) is 30.8 Å². The van der Waals surface area contributed by atoms with E-state index in [0.29, 0.717) is 6.04 Å². The Bertz CT molecular complexity index is 220. The van der Waals surface area contributed by atoms with Crippen LogP contribution in [0.2, 0.25) is 0 Å². The third kappa shape index (κ3) is 2.25. The quantitative estimate of drug-likeness (QED) is 0.744. The largest absolute Gasteiger partial charge is 0.379 e. The fourth-order valence-electron chi connectivity index (χ4n) is 2.95. The Balaban J connectivity index is 1.97. The van der Waals surface area contributed by atoms with Gasteiger partial charge in [0.2, 0.25) is 0 Å². The van der Waals surface area contributed by atoms with Crippen molar-refractivity contribution < 1.29 is 4.74 Å². The Morgan fingerprint density at radius 1 is 1.44 bits per heavy atom. The maximum Gasteiger partial charge on any atom is 0.0663 e. The van der Waals surface area contributed by atoms with E-state index < -0.39 is 0 Å². The second kappa shape index (κ2) is 5.00. The molecule has 0 bridgehead atoms. The minimum absolute atomic E-state index is 0.112. The van der Waals surface area contributed by atoms with Gasteiger partial charge in [-0.15, -0.1) is 0 Å². The van der Waals surface area contributed by atoms with E-state index in [1.165, 1.54) is 25.9 Å². The normalized spacial score (nSPS) is 33.8. The van der Waals surface area contributed by atoms with Gasteiger partial charge in [-0.2, -0.15) is 0 Å². The van der Waals surface area contributed by atoms with Crippen molar-refractivity contribution in [3.05, 3.63) is 0 Å². The van der Waals surface area contributed by atoms with Crippen LogP contribution in [0, 0.1) is 0 Å². The highest BCUT2D eigenvalue weighted by atomic mass is 16.5. The molecule has 2 heterocycles. The number of piperidine rings is 1. The molecule has 1 unspecified atom stereocenters. The minimum Gasteiger partial charge on any atom is -0.379 e. The average Bonchev–Trinajstić information content (AvgIpc) is 2.79. The smallest absolute Gasteiger partial charge is 0.0663 e. The van der Waals surface area contributed by atoms with Gasteiger partial charge in [0.05, 0.1) is 12.1 Å². The molecule has 4 nitrogen and oxygen atoms in total. The molecule has 2 N–H and O–H groups in total. The molecule has 0 amide bonds. The predicted molar refractivity (Wildman–Crippen MR) is 65.5 cm³/mol. The first-order chi connectivity index (χ1) is 7.68. The second-order valence-corrected chi connectivity index (χ2v) is 5.38. The summed E-state index contributed by atoms with van der Waals surface area (Å²) in [7, 11) is 4.44. The molecule has 4 heteroatoms. The highest BCUT2D eigenvalue weighted by molar-refractivity contribution is 4.97. The van der Waals surface area contributed by atoms with Crippen molar-refractivity contribution in [2.24, 2.45) is 5.73 Å². The molecule has 0 aromatic rings. The summed E-state index contributed by atoms with van der Waals surface area (Å²) in [5, 5.41) is 0. The molecule has 2 saturated heterocycles. The molecule has 0 spiro atoms. The van der Waals surface area contributed by atoms with Crippen LogP contribution < -0.4 is 5.73 Å². The molecule has 2 fully saturated rings. The van der Waals surface area contributed by atoms with Gasteiger partial charge in [-0.25, -0.2) is 0 Å². The lowest BCUT2D eigenvalue weighted by atomic mass is 9.92. The summed E-state index contributed by atoms with van der Waals surface area (Å²) < 4.78 is 5.55. The van der Waals surface area contributed by atoms with Crippen LogP contribution in [0.15, 0.2) is 0 Å². The molecule has 2 rings (SSSR count). The Hall–Kier alpha value is -0.160. The summed E-state index contributed by atoms with van der Waals surface area (Å²) in [6.07, 6.45) is 3.61.